The van der Waals surface area contributed by atoms with E-state index in [1.165, 1.54) is 18.2 Å². The molecule has 0 atom stereocenters. The van der Waals surface area contributed by atoms with Gasteiger partial charge in [0.05, 0.1) is 5.56 Å². The Balaban J connectivity index is 3.32. The van der Waals surface area contributed by atoms with Crippen LogP contribution in [-0.4, -0.2) is 17.9 Å². The Bertz CT molecular complexity index is 435. The molecular weight excluding hydrogens is 379 g/mol. The fourth-order valence-electron chi connectivity index (χ4n) is 1.00. The third-order valence-corrected chi connectivity index (χ3v) is 3.15. The average molecular weight is 382 g/mol. The van der Waals surface area contributed by atoms with E-state index in [1.54, 1.807) is 0 Å². The van der Waals surface area contributed by atoms with Crippen LogP contribution in [0.4, 0.5) is 22.0 Å². The average Bonchev–Trinajstić information content (AvgIpc) is 2.15. The molecule has 1 aromatic carbocycles. The summed E-state index contributed by atoms with van der Waals surface area (Å²) in [4.78, 5) is 11.2. The van der Waals surface area contributed by atoms with Gasteiger partial charge in [-0.2, -0.15) is 22.0 Å². The topological polar surface area (TPSA) is 17.1 Å². The van der Waals surface area contributed by atoms with E-state index < -0.39 is 23.4 Å². The fraction of sp³-hybridized carbons (Fsp3) is 0.222. The first-order chi connectivity index (χ1) is 7.59. The first-order valence-corrected chi connectivity index (χ1v) is 5.61. The molecule has 0 radical (unpaired) electrons. The van der Waals surface area contributed by atoms with Gasteiger partial charge in [0.1, 0.15) is 0 Å². The van der Waals surface area contributed by atoms with E-state index in [-0.39, 0.29) is 8.95 Å². The highest BCUT2D eigenvalue weighted by Crippen LogP contribution is 2.40. The summed E-state index contributed by atoms with van der Waals surface area (Å²) in [7, 11) is 0. The summed E-state index contributed by atoms with van der Waals surface area (Å²) in [5.41, 5.74) is -0.741. The predicted octanol–water partition coefficient (Wildman–Crippen LogP) is 4.59. The zero-order valence-corrected chi connectivity index (χ0v) is 11.0. The lowest BCUT2D eigenvalue weighted by Gasteiger charge is -2.19. The predicted molar refractivity (Wildman–Crippen MR) is 57.2 cm³/mol. The molecule has 0 saturated carbocycles. The van der Waals surface area contributed by atoms with E-state index in [9.17, 15) is 26.7 Å². The van der Waals surface area contributed by atoms with E-state index in [0.717, 1.165) is 0 Å². The second-order valence-corrected chi connectivity index (χ2v) is 4.71. The molecule has 0 spiro atoms. The Hall–Kier alpha value is -0.500. The Labute approximate surface area is 109 Å². The number of benzene rings is 1. The quantitative estimate of drug-likeness (QED) is 0.540. The molecule has 0 amide bonds. The van der Waals surface area contributed by atoms with Gasteiger partial charge in [0.25, 0.3) is 0 Å². The van der Waals surface area contributed by atoms with Gasteiger partial charge in [-0.1, -0.05) is 37.9 Å². The summed E-state index contributed by atoms with van der Waals surface area (Å²) in [6.45, 7) is 0. The fourth-order valence-corrected chi connectivity index (χ4v) is 2.36. The highest BCUT2D eigenvalue weighted by molar-refractivity contribution is 9.11. The van der Waals surface area contributed by atoms with Gasteiger partial charge >= 0.3 is 12.1 Å². The number of ketones is 1. The summed E-state index contributed by atoms with van der Waals surface area (Å²) in [5, 5.41) is 0. The summed E-state index contributed by atoms with van der Waals surface area (Å²) < 4.78 is 61.5. The number of carbonyl (C=O) groups is 1. The molecule has 0 heterocycles. The zero-order chi connectivity index (χ0) is 13.4. The molecule has 1 rings (SSSR count). The molecule has 0 bridgehead atoms. The smallest absolute Gasteiger partial charge is 0.287 e. The molecule has 0 aliphatic carbocycles. The monoisotopic (exact) mass is 380 g/mol. The van der Waals surface area contributed by atoms with Crippen LogP contribution in [0.1, 0.15) is 10.4 Å². The number of alkyl halides is 5. The molecule has 0 unspecified atom stereocenters. The summed E-state index contributed by atoms with van der Waals surface area (Å²) in [6.07, 6.45) is -5.92. The Morgan fingerprint density at radius 1 is 1.00 bits per heavy atom. The van der Waals surface area contributed by atoms with Crippen LogP contribution in [0.3, 0.4) is 0 Å². The van der Waals surface area contributed by atoms with Crippen LogP contribution in [-0.2, 0) is 0 Å². The number of hydrogen-bond acceptors (Lipinski definition) is 1. The van der Waals surface area contributed by atoms with Gasteiger partial charge in [-0.05, 0) is 12.1 Å². The van der Waals surface area contributed by atoms with Gasteiger partial charge in [-0.25, -0.2) is 0 Å². The van der Waals surface area contributed by atoms with Crippen LogP contribution in [0.2, 0.25) is 0 Å². The van der Waals surface area contributed by atoms with E-state index in [1.807, 2.05) is 0 Å². The SMILES string of the molecule is O=C(c1c(Br)cccc1Br)C(F)(F)C(F)(F)F. The lowest BCUT2D eigenvalue weighted by atomic mass is 10.1. The van der Waals surface area contributed by atoms with Crippen molar-refractivity contribution in [3.63, 3.8) is 0 Å². The van der Waals surface area contributed by atoms with Crippen LogP contribution >= 0.6 is 31.9 Å². The molecule has 1 nitrogen and oxygen atoms in total. The summed E-state index contributed by atoms with van der Waals surface area (Å²) in [6, 6.07) is 3.78. The lowest BCUT2D eigenvalue weighted by Crippen LogP contribution is -2.44. The van der Waals surface area contributed by atoms with Crippen molar-refractivity contribution < 1.29 is 26.7 Å². The first kappa shape index (κ1) is 14.6. The minimum atomic E-state index is -5.92. The standard InChI is InChI=1S/C9H3Br2F5O/c10-4-2-1-3-5(11)6(4)7(17)8(12,13)9(14,15)16/h1-3H. The largest absolute Gasteiger partial charge is 0.461 e. The molecule has 94 valence electrons. The van der Waals surface area contributed by atoms with Crippen LogP contribution < -0.4 is 0 Å². The van der Waals surface area contributed by atoms with Gasteiger partial charge in [-0.3, -0.25) is 4.79 Å². The highest BCUT2D eigenvalue weighted by Gasteiger charge is 2.63. The molecule has 0 aromatic heterocycles. The highest BCUT2D eigenvalue weighted by atomic mass is 79.9. The van der Waals surface area contributed by atoms with Crippen molar-refractivity contribution in [1.82, 2.24) is 0 Å². The molecule has 1 aromatic rings. The number of halogens is 7. The maximum absolute atomic E-state index is 12.9. The first-order valence-electron chi connectivity index (χ1n) is 4.02. The number of Topliss-reactive ketones (excluding diaryl/α,β-unsaturated/α-hetero) is 1. The van der Waals surface area contributed by atoms with Crippen LogP contribution in [0.25, 0.3) is 0 Å². The van der Waals surface area contributed by atoms with E-state index in [0.29, 0.717) is 0 Å². The molecule has 17 heavy (non-hydrogen) atoms. The van der Waals surface area contributed by atoms with E-state index in [2.05, 4.69) is 31.9 Å². The van der Waals surface area contributed by atoms with Crippen molar-refractivity contribution in [2.75, 3.05) is 0 Å². The molecule has 0 aliphatic rings. The Morgan fingerprint density at radius 3 is 1.76 bits per heavy atom. The summed E-state index contributed by atoms with van der Waals surface area (Å²) in [5.74, 6) is -7.72. The van der Waals surface area contributed by atoms with Crippen molar-refractivity contribution in [1.29, 1.82) is 0 Å². The third kappa shape index (κ3) is 2.67. The maximum atomic E-state index is 12.9. The normalized spacial score (nSPS) is 12.6. The molecule has 0 aliphatic heterocycles. The molecule has 8 heteroatoms. The van der Waals surface area contributed by atoms with Crippen molar-refractivity contribution in [3.8, 4) is 0 Å². The van der Waals surface area contributed by atoms with Crippen LogP contribution in [0.15, 0.2) is 27.1 Å². The van der Waals surface area contributed by atoms with Crippen molar-refractivity contribution in [2.24, 2.45) is 0 Å². The van der Waals surface area contributed by atoms with E-state index >= 15 is 0 Å². The molecular formula is C9H3Br2F5O. The zero-order valence-electron chi connectivity index (χ0n) is 7.79. The molecule has 0 fully saturated rings. The van der Waals surface area contributed by atoms with Gasteiger partial charge in [0.2, 0.25) is 5.78 Å². The van der Waals surface area contributed by atoms with Crippen molar-refractivity contribution in [2.45, 2.75) is 12.1 Å². The molecule has 0 saturated heterocycles. The second kappa shape index (κ2) is 4.64. The van der Waals surface area contributed by atoms with Crippen molar-refractivity contribution in [3.05, 3.63) is 32.7 Å². The Morgan fingerprint density at radius 2 is 1.41 bits per heavy atom. The van der Waals surface area contributed by atoms with Gasteiger partial charge < -0.3 is 0 Å². The van der Waals surface area contributed by atoms with E-state index in [4.69, 9.17) is 0 Å². The number of carbonyl (C=O) groups excluding carboxylic acids is 1. The number of hydrogen-bond donors (Lipinski definition) is 0. The van der Waals surface area contributed by atoms with Gasteiger partial charge in [-0.15, -0.1) is 0 Å². The number of rotatable bonds is 2. The van der Waals surface area contributed by atoms with Crippen molar-refractivity contribution >= 4 is 37.6 Å². The van der Waals surface area contributed by atoms with Gasteiger partial charge in [0, 0.05) is 8.95 Å². The Kier molecular flexibility index (Phi) is 3.97. The third-order valence-electron chi connectivity index (χ3n) is 1.83. The maximum Gasteiger partial charge on any atom is 0.461 e. The van der Waals surface area contributed by atoms with Crippen LogP contribution in [0, 0.1) is 0 Å². The molecule has 0 N–H and O–H groups in total. The lowest BCUT2D eigenvalue weighted by molar-refractivity contribution is -0.255. The summed E-state index contributed by atoms with van der Waals surface area (Å²) >= 11 is 5.51. The van der Waals surface area contributed by atoms with Crippen LogP contribution in [0.5, 0.6) is 0 Å². The van der Waals surface area contributed by atoms with Gasteiger partial charge in [0.15, 0.2) is 0 Å². The second-order valence-electron chi connectivity index (χ2n) is 3.00. The minimum Gasteiger partial charge on any atom is -0.287 e. The minimum absolute atomic E-state index is 0.138.